The zero-order chi connectivity index (χ0) is 12.8. The molecule has 3 N–H and O–H groups in total. The largest absolute Gasteiger partial charge is 0.466 e. The van der Waals surface area contributed by atoms with E-state index in [4.69, 9.17) is 4.74 Å². The molecule has 6 heteroatoms. The molecule has 1 unspecified atom stereocenters. The monoisotopic (exact) mass is 239 g/mol. The maximum Gasteiger partial charge on any atom is 0.312 e. The van der Waals surface area contributed by atoms with E-state index in [1.54, 1.807) is 19.1 Å². The van der Waals surface area contributed by atoms with E-state index in [2.05, 4.69) is 5.73 Å². The third-order valence-electron chi connectivity index (χ3n) is 2.27. The molecule has 1 aromatic carbocycles. The van der Waals surface area contributed by atoms with Crippen molar-refractivity contribution < 1.29 is 20.2 Å². The molecule has 0 aliphatic rings. The molecule has 0 bridgehead atoms. The van der Waals surface area contributed by atoms with Crippen LogP contribution >= 0.6 is 0 Å². The molecule has 0 saturated heterocycles. The number of esters is 1. The molecule has 1 aromatic rings. The topological polar surface area (TPSA) is 97.1 Å². The molecule has 17 heavy (non-hydrogen) atoms. The first-order valence-electron chi connectivity index (χ1n) is 5.27. The number of hydrogen-bond donors (Lipinski definition) is 1. The quantitative estimate of drug-likeness (QED) is 0.467. The number of rotatable bonds is 5. The van der Waals surface area contributed by atoms with Crippen LogP contribution in [-0.2, 0) is 9.53 Å². The number of carbonyl (C=O) groups excluding carboxylic acids is 1. The Balaban J connectivity index is 2.75. The number of ether oxygens (including phenoxy) is 1. The Morgan fingerprint density at radius 2 is 2.29 bits per heavy atom. The number of nitro benzene ring substituents is 1. The van der Waals surface area contributed by atoms with E-state index >= 15 is 0 Å². The number of hydrogen-bond acceptors (Lipinski definition) is 4. The predicted octanol–water partition coefficient (Wildman–Crippen LogP) is 0.831. The fourth-order valence-corrected chi connectivity index (χ4v) is 1.43. The van der Waals surface area contributed by atoms with Gasteiger partial charge in [0.15, 0.2) is 0 Å². The van der Waals surface area contributed by atoms with Crippen molar-refractivity contribution in [2.45, 2.75) is 19.4 Å². The van der Waals surface area contributed by atoms with E-state index in [0.717, 1.165) is 0 Å². The van der Waals surface area contributed by atoms with Gasteiger partial charge in [0.25, 0.3) is 5.69 Å². The Hall–Kier alpha value is -1.95. The van der Waals surface area contributed by atoms with Crippen LogP contribution in [0.15, 0.2) is 24.3 Å². The van der Waals surface area contributed by atoms with Gasteiger partial charge in [0, 0.05) is 17.7 Å². The van der Waals surface area contributed by atoms with Gasteiger partial charge in [0.1, 0.15) is 12.5 Å². The van der Waals surface area contributed by atoms with Crippen LogP contribution in [-0.4, -0.2) is 17.5 Å². The summed E-state index contributed by atoms with van der Waals surface area (Å²) >= 11 is 0. The van der Waals surface area contributed by atoms with Crippen LogP contribution in [0.4, 0.5) is 5.69 Å². The summed E-state index contributed by atoms with van der Waals surface area (Å²) in [5.74, 6) is -0.348. The molecule has 0 aliphatic carbocycles. The third kappa shape index (κ3) is 3.84. The maximum absolute atomic E-state index is 11.2. The Morgan fingerprint density at radius 3 is 2.88 bits per heavy atom. The van der Waals surface area contributed by atoms with Gasteiger partial charge in [-0.2, -0.15) is 0 Å². The lowest BCUT2D eigenvalue weighted by Gasteiger charge is -2.07. The molecule has 0 spiro atoms. The van der Waals surface area contributed by atoms with Crippen LogP contribution in [0.25, 0.3) is 0 Å². The van der Waals surface area contributed by atoms with Crippen molar-refractivity contribution in [1.82, 2.24) is 0 Å². The minimum atomic E-state index is -0.472. The van der Waals surface area contributed by atoms with Crippen LogP contribution < -0.4 is 5.73 Å². The summed E-state index contributed by atoms with van der Waals surface area (Å²) in [5, 5.41) is 10.6. The first-order chi connectivity index (χ1) is 8.04. The first kappa shape index (κ1) is 13.1. The molecule has 0 aliphatic heterocycles. The van der Waals surface area contributed by atoms with Gasteiger partial charge >= 0.3 is 5.97 Å². The summed E-state index contributed by atoms with van der Waals surface area (Å²) in [6.07, 6.45) is 0.120. The molecule has 1 rings (SSSR count). The standard InChI is InChI=1S/C11H14N2O4/c1-2-17-11(14)7-10(12)8-4-3-5-9(6-8)13(15)16/h3-6,10H,2,7,12H2,1H3/p+1. The zero-order valence-corrected chi connectivity index (χ0v) is 9.59. The van der Waals surface area contributed by atoms with Gasteiger partial charge in [-0.05, 0) is 6.92 Å². The van der Waals surface area contributed by atoms with Crippen LogP contribution in [0.3, 0.4) is 0 Å². The van der Waals surface area contributed by atoms with Gasteiger partial charge in [-0.25, -0.2) is 0 Å². The number of nitro groups is 1. The Bertz CT molecular complexity index is 420. The van der Waals surface area contributed by atoms with Gasteiger partial charge < -0.3 is 10.5 Å². The molecule has 0 radical (unpaired) electrons. The lowest BCUT2D eigenvalue weighted by atomic mass is 10.0. The zero-order valence-electron chi connectivity index (χ0n) is 9.59. The molecule has 0 aromatic heterocycles. The molecule has 6 nitrogen and oxygen atoms in total. The van der Waals surface area contributed by atoms with E-state index in [0.29, 0.717) is 12.2 Å². The lowest BCUT2D eigenvalue weighted by molar-refractivity contribution is -0.426. The summed E-state index contributed by atoms with van der Waals surface area (Å²) < 4.78 is 4.80. The second-order valence-corrected chi connectivity index (χ2v) is 3.56. The van der Waals surface area contributed by atoms with E-state index < -0.39 is 4.92 Å². The van der Waals surface area contributed by atoms with Crippen molar-refractivity contribution in [2.75, 3.05) is 6.61 Å². The van der Waals surface area contributed by atoms with Crippen LogP contribution in [0.1, 0.15) is 24.9 Å². The average molecular weight is 239 g/mol. The van der Waals surface area contributed by atoms with E-state index in [9.17, 15) is 14.9 Å². The molecule has 1 atom stereocenters. The van der Waals surface area contributed by atoms with Gasteiger partial charge in [-0.3, -0.25) is 14.9 Å². The Morgan fingerprint density at radius 1 is 1.59 bits per heavy atom. The molecule has 92 valence electrons. The normalized spacial score (nSPS) is 11.9. The fraction of sp³-hybridized carbons (Fsp3) is 0.364. The highest BCUT2D eigenvalue weighted by Gasteiger charge is 2.18. The summed E-state index contributed by atoms with van der Waals surface area (Å²) in [7, 11) is 0. The van der Waals surface area contributed by atoms with Crippen molar-refractivity contribution >= 4 is 11.7 Å². The van der Waals surface area contributed by atoms with E-state index in [-0.39, 0.29) is 24.1 Å². The Labute approximate surface area is 98.5 Å². The van der Waals surface area contributed by atoms with E-state index in [1.165, 1.54) is 12.1 Å². The van der Waals surface area contributed by atoms with Gasteiger partial charge in [-0.15, -0.1) is 0 Å². The predicted molar refractivity (Wildman–Crippen MR) is 60.0 cm³/mol. The molecular weight excluding hydrogens is 224 g/mol. The molecule has 0 heterocycles. The maximum atomic E-state index is 11.2. The summed E-state index contributed by atoms with van der Waals surface area (Å²) in [4.78, 5) is 21.4. The number of nitrogens with zero attached hydrogens (tertiary/aromatic N) is 1. The number of non-ortho nitro benzene ring substituents is 1. The third-order valence-corrected chi connectivity index (χ3v) is 2.27. The van der Waals surface area contributed by atoms with Crippen LogP contribution in [0, 0.1) is 10.1 Å². The van der Waals surface area contributed by atoms with Crippen molar-refractivity contribution in [2.24, 2.45) is 0 Å². The first-order valence-corrected chi connectivity index (χ1v) is 5.27. The highest BCUT2D eigenvalue weighted by Crippen LogP contribution is 2.18. The summed E-state index contributed by atoms with van der Waals surface area (Å²) in [6.45, 7) is 2.05. The molecule has 0 saturated carbocycles. The van der Waals surface area contributed by atoms with Crippen molar-refractivity contribution in [1.29, 1.82) is 0 Å². The SMILES string of the molecule is CCOC(=O)CC([NH3+])c1cccc([N+](=O)[O-])c1. The van der Waals surface area contributed by atoms with Gasteiger partial charge in [0.05, 0.1) is 11.5 Å². The number of quaternary nitrogens is 1. The Kier molecular flexibility index (Phi) is 4.59. The minimum absolute atomic E-state index is 0.00000821. The highest BCUT2D eigenvalue weighted by atomic mass is 16.6. The fourth-order valence-electron chi connectivity index (χ4n) is 1.43. The van der Waals surface area contributed by atoms with Crippen molar-refractivity contribution in [3.63, 3.8) is 0 Å². The van der Waals surface area contributed by atoms with Crippen LogP contribution in [0.5, 0.6) is 0 Å². The van der Waals surface area contributed by atoms with Crippen molar-refractivity contribution in [3.05, 3.63) is 39.9 Å². The highest BCUT2D eigenvalue weighted by molar-refractivity contribution is 5.70. The molecule has 0 fully saturated rings. The van der Waals surface area contributed by atoms with E-state index in [1.807, 2.05) is 0 Å². The van der Waals surface area contributed by atoms with Crippen LogP contribution in [0.2, 0.25) is 0 Å². The lowest BCUT2D eigenvalue weighted by Crippen LogP contribution is -2.54. The smallest absolute Gasteiger partial charge is 0.312 e. The summed E-state index contributed by atoms with van der Waals surface area (Å²) in [6, 6.07) is 5.78. The number of carbonyl (C=O) groups is 1. The summed E-state index contributed by atoms with van der Waals surface area (Å²) in [5.41, 5.74) is 4.47. The molecular formula is C11H15N2O4+. The second-order valence-electron chi connectivity index (χ2n) is 3.56. The second kappa shape index (κ2) is 5.95. The van der Waals surface area contributed by atoms with Crippen molar-refractivity contribution in [3.8, 4) is 0 Å². The van der Waals surface area contributed by atoms with Gasteiger partial charge in [-0.1, -0.05) is 12.1 Å². The molecule has 0 amide bonds. The number of benzene rings is 1. The average Bonchev–Trinajstić information content (AvgIpc) is 2.29. The van der Waals surface area contributed by atoms with Gasteiger partial charge in [0.2, 0.25) is 0 Å². The minimum Gasteiger partial charge on any atom is -0.466 e.